The maximum absolute atomic E-state index is 3.89. The standard InChI is InChI=1S/C17H26BrN/c1-2-17(14-10-12-15(18)13-11-14)19-16-8-6-4-3-5-7-9-16/h10-13,16-17,19H,2-9H2,1H3. The van der Waals surface area contributed by atoms with Crippen LogP contribution in [0.3, 0.4) is 0 Å². The number of halogens is 1. The van der Waals surface area contributed by atoms with Gasteiger partial charge >= 0.3 is 0 Å². The molecule has 1 saturated carbocycles. The van der Waals surface area contributed by atoms with E-state index in [1.165, 1.54) is 50.5 Å². The van der Waals surface area contributed by atoms with Gasteiger partial charge in [-0.05, 0) is 37.0 Å². The molecule has 1 unspecified atom stereocenters. The Hall–Kier alpha value is -0.340. The van der Waals surface area contributed by atoms with Gasteiger partial charge in [0.1, 0.15) is 0 Å². The molecule has 2 rings (SSSR count). The Balaban J connectivity index is 1.95. The van der Waals surface area contributed by atoms with Gasteiger partial charge in [0.25, 0.3) is 0 Å². The first-order valence-corrected chi connectivity index (χ1v) is 8.60. The second kappa shape index (κ2) is 8.06. The Morgan fingerprint density at radius 1 is 1.05 bits per heavy atom. The highest BCUT2D eigenvalue weighted by atomic mass is 79.9. The van der Waals surface area contributed by atoms with Crippen molar-refractivity contribution in [3.63, 3.8) is 0 Å². The molecule has 0 aromatic heterocycles. The zero-order valence-electron chi connectivity index (χ0n) is 12.0. The Labute approximate surface area is 126 Å². The number of nitrogens with one attached hydrogen (secondary N) is 1. The smallest absolute Gasteiger partial charge is 0.0320 e. The first kappa shape index (κ1) is 15.1. The molecule has 0 spiro atoms. The molecule has 1 N–H and O–H groups in total. The highest BCUT2D eigenvalue weighted by Gasteiger charge is 2.16. The molecule has 0 aliphatic heterocycles. The molecule has 19 heavy (non-hydrogen) atoms. The summed E-state index contributed by atoms with van der Waals surface area (Å²) < 4.78 is 1.16. The third kappa shape index (κ3) is 4.92. The van der Waals surface area contributed by atoms with Crippen LogP contribution in [0.25, 0.3) is 0 Å². The fraction of sp³-hybridized carbons (Fsp3) is 0.647. The molecule has 0 saturated heterocycles. The molecule has 1 fully saturated rings. The van der Waals surface area contributed by atoms with E-state index < -0.39 is 0 Å². The first-order valence-electron chi connectivity index (χ1n) is 7.81. The maximum Gasteiger partial charge on any atom is 0.0320 e. The fourth-order valence-electron chi connectivity index (χ4n) is 3.05. The Morgan fingerprint density at radius 3 is 2.21 bits per heavy atom. The molecule has 1 aromatic rings. The van der Waals surface area contributed by atoms with Gasteiger partial charge in [-0.3, -0.25) is 0 Å². The van der Waals surface area contributed by atoms with E-state index >= 15 is 0 Å². The lowest BCUT2D eigenvalue weighted by Gasteiger charge is -2.27. The van der Waals surface area contributed by atoms with Crippen molar-refractivity contribution in [1.82, 2.24) is 5.32 Å². The van der Waals surface area contributed by atoms with Crippen molar-refractivity contribution in [2.45, 2.75) is 70.4 Å². The van der Waals surface area contributed by atoms with Crippen LogP contribution in [0.1, 0.15) is 69.9 Å². The number of hydrogen-bond donors (Lipinski definition) is 1. The summed E-state index contributed by atoms with van der Waals surface area (Å²) >= 11 is 3.51. The SMILES string of the molecule is CCC(NC1CCCCCCC1)c1ccc(Br)cc1. The minimum absolute atomic E-state index is 0.512. The Kier molecular flexibility index (Phi) is 6.39. The molecule has 1 aromatic carbocycles. The monoisotopic (exact) mass is 323 g/mol. The number of hydrogen-bond acceptors (Lipinski definition) is 1. The van der Waals surface area contributed by atoms with E-state index in [0.717, 1.165) is 10.9 Å². The van der Waals surface area contributed by atoms with E-state index in [-0.39, 0.29) is 0 Å². The summed E-state index contributed by atoms with van der Waals surface area (Å²) in [5.41, 5.74) is 1.42. The van der Waals surface area contributed by atoms with E-state index in [4.69, 9.17) is 0 Å². The second-order valence-electron chi connectivity index (χ2n) is 5.72. The molecular weight excluding hydrogens is 298 g/mol. The molecule has 0 heterocycles. The zero-order valence-corrected chi connectivity index (χ0v) is 13.6. The summed E-state index contributed by atoms with van der Waals surface area (Å²) in [6.07, 6.45) is 11.0. The average molecular weight is 324 g/mol. The average Bonchev–Trinajstić information content (AvgIpc) is 2.39. The molecule has 0 bridgehead atoms. The van der Waals surface area contributed by atoms with Crippen LogP contribution in [0.15, 0.2) is 28.7 Å². The van der Waals surface area contributed by atoms with Crippen molar-refractivity contribution < 1.29 is 0 Å². The highest BCUT2D eigenvalue weighted by Crippen LogP contribution is 2.23. The van der Waals surface area contributed by atoms with Gasteiger partial charge in [-0.2, -0.15) is 0 Å². The molecule has 0 radical (unpaired) electrons. The van der Waals surface area contributed by atoms with Crippen LogP contribution in [-0.2, 0) is 0 Å². The third-order valence-electron chi connectivity index (χ3n) is 4.22. The summed E-state index contributed by atoms with van der Waals surface area (Å²) in [5.74, 6) is 0. The van der Waals surface area contributed by atoms with Crippen molar-refractivity contribution in [3.8, 4) is 0 Å². The van der Waals surface area contributed by atoms with Crippen LogP contribution in [0.4, 0.5) is 0 Å². The van der Waals surface area contributed by atoms with E-state index in [1.807, 2.05) is 0 Å². The predicted molar refractivity (Wildman–Crippen MR) is 86.4 cm³/mol. The maximum atomic E-state index is 3.89. The molecular formula is C17H26BrN. The lowest BCUT2D eigenvalue weighted by atomic mass is 9.94. The zero-order chi connectivity index (χ0) is 13.5. The van der Waals surface area contributed by atoms with Crippen molar-refractivity contribution in [1.29, 1.82) is 0 Å². The van der Waals surface area contributed by atoms with Gasteiger partial charge in [0.2, 0.25) is 0 Å². The number of rotatable bonds is 4. The van der Waals surface area contributed by atoms with Crippen LogP contribution < -0.4 is 5.32 Å². The van der Waals surface area contributed by atoms with Crippen molar-refractivity contribution in [3.05, 3.63) is 34.3 Å². The molecule has 106 valence electrons. The van der Waals surface area contributed by atoms with Crippen LogP contribution in [0.2, 0.25) is 0 Å². The molecule has 0 amide bonds. The van der Waals surface area contributed by atoms with Gasteiger partial charge in [-0.1, -0.05) is 67.1 Å². The molecule has 1 aliphatic rings. The normalized spacial score (nSPS) is 19.7. The van der Waals surface area contributed by atoms with Crippen LogP contribution >= 0.6 is 15.9 Å². The Bertz CT molecular complexity index is 352. The first-order chi connectivity index (χ1) is 9.29. The summed E-state index contributed by atoms with van der Waals surface area (Å²) in [6.45, 7) is 2.28. The topological polar surface area (TPSA) is 12.0 Å². The van der Waals surface area contributed by atoms with Gasteiger partial charge in [-0.25, -0.2) is 0 Å². The Morgan fingerprint density at radius 2 is 1.63 bits per heavy atom. The van der Waals surface area contributed by atoms with E-state index in [0.29, 0.717) is 12.1 Å². The summed E-state index contributed by atoms with van der Waals surface area (Å²) in [6, 6.07) is 10.0. The number of benzene rings is 1. The lowest BCUT2D eigenvalue weighted by Crippen LogP contribution is -2.33. The lowest BCUT2D eigenvalue weighted by molar-refractivity contribution is 0.349. The van der Waals surface area contributed by atoms with Crippen LogP contribution in [0.5, 0.6) is 0 Å². The van der Waals surface area contributed by atoms with Crippen molar-refractivity contribution >= 4 is 15.9 Å². The van der Waals surface area contributed by atoms with Gasteiger partial charge in [0, 0.05) is 16.6 Å². The van der Waals surface area contributed by atoms with Gasteiger partial charge < -0.3 is 5.32 Å². The van der Waals surface area contributed by atoms with Crippen LogP contribution in [0, 0.1) is 0 Å². The summed E-state index contributed by atoms with van der Waals surface area (Å²) in [5, 5.41) is 3.89. The quantitative estimate of drug-likeness (QED) is 0.760. The van der Waals surface area contributed by atoms with Gasteiger partial charge in [-0.15, -0.1) is 0 Å². The summed E-state index contributed by atoms with van der Waals surface area (Å²) in [7, 11) is 0. The minimum Gasteiger partial charge on any atom is -0.307 e. The predicted octanol–water partition coefficient (Wildman–Crippen LogP) is 5.60. The van der Waals surface area contributed by atoms with E-state index in [2.05, 4.69) is 52.4 Å². The van der Waals surface area contributed by atoms with Crippen molar-refractivity contribution in [2.75, 3.05) is 0 Å². The fourth-order valence-corrected chi connectivity index (χ4v) is 3.32. The van der Waals surface area contributed by atoms with E-state index in [9.17, 15) is 0 Å². The molecule has 1 nitrogen and oxygen atoms in total. The third-order valence-corrected chi connectivity index (χ3v) is 4.75. The van der Waals surface area contributed by atoms with Crippen LogP contribution in [-0.4, -0.2) is 6.04 Å². The van der Waals surface area contributed by atoms with E-state index in [1.54, 1.807) is 0 Å². The highest BCUT2D eigenvalue weighted by molar-refractivity contribution is 9.10. The minimum atomic E-state index is 0.512. The van der Waals surface area contributed by atoms with Gasteiger partial charge in [0.05, 0.1) is 0 Å². The summed E-state index contributed by atoms with van der Waals surface area (Å²) in [4.78, 5) is 0. The molecule has 2 heteroatoms. The largest absolute Gasteiger partial charge is 0.307 e. The second-order valence-corrected chi connectivity index (χ2v) is 6.64. The van der Waals surface area contributed by atoms with Gasteiger partial charge in [0.15, 0.2) is 0 Å². The molecule has 1 aliphatic carbocycles. The van der Waals surface area contributed by atoms with Crippen molar-refractivity contribution in [2.24, 2.45) is 0 Å². The molecule has 1 atom stereocenters.